The fourth-order valence-electron chi connectivity index (χ4n) is 4.46. The van der Waals surface area contributed by atoms with E-state index in [1.807, 2.05) is 13.8 Å². The molecule has 0 aromatic heterocycles. The highest BCUT2D eigenvalue weighted by Gasteiger charge is 2.48. The Kier molecular flexibility index (Phi) is 7.66. The highest BCUT2D eigenvalue weighted by Crippen LogP contribution is 2.34. The van der Waals surface area contributed by atoms with Crippen LogP contribution in [-0.2, 0) is 9.53 Å². The number of hydrogen-bond acceptors (Lipinski definition) is 7. The molecule has 1 saturated carbocycles. The number of thioether (sulfide) groups is 1. The zero-order valence-corrected chi connectivity index (χ0v) is 17.9. The van der Waals surface area contributed by atoms with E-state index in [0.717, 1.165) is 18.9 Å². The van der Waals surface area contributed by atoms with Crippen molar-refractivity contribution in [3.63, 3.8) is 0 Å². The molecule has 7 nitrogen and oxygen atoms in total. The SMILES string of the molecule is CS[C@@H]1O[C@@H](C(NC(=O)C2NCC2CCC2CCC2)C(C)C)[C@@H](O)[C@@H](O)C1O. The fourth-order valence-corrected chi connectivity index (χ4v) is 5.14. The van der Waals surface area contributed by atoms with E-state index in [9.17, 15) is 20.1 Å². The van der Waals surface area contributed by atoms with E-state index >= 15 is 0 Å². The van der Waals surface area contributed by atoms with E-state index in [4.69, 9.17) is 4.74 Å². The molecule has 3 rings (SSSR count). The number of amides is 1. The average Bonchev–Trinajstić information content (AvgIpc) is 2.59. The second-order valence-electron chi connectivity index (χ2n) is 8.98. The minimum Gasteiger partial charge on any atom is -0.388 e. The van der Waals surface area contributed by atoms with Gasteiger partial charge in [0.15, 0.2) is 0 Å². The fraction of sp³-hybridized carbons (Fsp3) is 0.950. The highest BCUT2D eigenvalue weighted by atomic mass is 32.2. The number of nitrogens with one attached hydrogen (secondary N) is 2. The molecule has 2 saturated heterocycles. The quantitative estimate of drug-likeness (QED) is 0.391. The van der Waals surface area contributed by atoms with Crippen LogP contribution in [0.25, 0.3) is 0 Å². The summed E-state index contributed by atoms with van der Waals surface area (Å²) in [4.78, 5) is 12.9. The van der Waals surface area contributed by atoms with Gasteiger partial charge in [-0.05, 0) is 30.4 Å². The van der Waals surface area contributed by atoms with E-state index in [1.165, 1.54) is 37.4 Å². The van der Waals surface area contributed by atoms with Crippen LogP contribution in [0.15, 0.2) is 0 Å². The summed E-state index contributed by atoms with van der Waals surface area (Å²) in [7, 11) is 0. The maximum absolute atomic E-state index is 12.9. The molecule has 8 heteroatoms. The Labute approximate surface area is 172 Å². The van der Waals surface area contributed by atoms with Crippen molar-refractivity contribution in [2.75, 3.05) is 12.8 Å². The Hall–Kier alpha value is -0.380. The maximum Gasteiger partial charge on any atom is 0.237 e. The molecule has 3 fully saturated rings. The number of rotatable bonds is 8. The number of aliphatic hydroxyl groups excluding tert-OH is 3. The molecule has 3 aliphatic rings. The summed E-state index contributed by atoms with van der Waals surface area (Å²) in [6.07, 6.45) is 3.57. The Morgan fingerprint density at radius 3 is 2.39 bits per heavy atom. The zero-order chi connectivity index (χ0) is 20.4. The lowest BCUT2D eigenvalue weighted by Gasteiger charge is -2.45. The predicted molar refractivity (Wildman–Crippen MR) is 109 cm³/mol. The number of aliphatic hydroxyl groups is 3. The Morgan fingerprint density at radius 1 is 1.18 bits per heavy atom. The Balaban J connectivity index is 1.59. The normalized spacial score (nSPS) is 39.9. The molecule has 4 unspecified atom stereocenters. The van der Waals surface area contributed by atoms with Crippen molar-refractivity contribution in [3.05, 3.63) is 0 Å². The van der Waals surface area contributed by atoms with Crippen LogP contribution in [0, 0.1) is 17.8 Å². The minimum absolute atomic E-state index is 0.00190. The van der Waals surface area contributed by atoms with Gasteiger partial charge in [-0.3, -0.25) is 4.79 Å². The van der Waals surface area contributed by atoms with Crippen molar-refractivity contribution < 1.29 is 24.9 Å². The van der Waals surface area contributed by atoms with Gasteiger partial charge in [0.1, 0.15) is 29.9 Å². The molecule has 1 amide bonds. The van der Waals surface area contributed by atoms with Crippen molar-refractivity contribution in [2.24, 2.45) is 17.8 Å². The van der Waals surface area contributed by atoms with Crippen LogP contribution in [0.1, 0.15) is 46.0 Å². The second-order valence-corrected chi connectivity index (χ2v) is 9.91. The summed E-state index contributed by atoms with van der Waals surface area (Å²) in [6.45, 7) is 4.78. The zero-order valence-electron chi connectivity index (χ0n) is 17.1. The lowest BCUT2D eigenvalue weighted by molar-refractivity contribution is -0.208. The van der Waals surface area contributed by atoms with Crippen molar-refractivity contribution >= 4 is 17.7 Å². The third-order valence-electron chi connectivity index (χ3n) is 6.74. The van der Waals surface area contributed by atoms with E-state index in [2.05, 4.69) is 10.6 Å². The third-order valence-corrected chi connectivity index (χ3v) is 7.60. The van der Waals surface area contributed by atoms with Gasteiger partial charge in [0.05, 0.1) is 12.1 Å². The topological polar surface area (TPSA) is 111 Å². The van der Waals surface area contributed by atoms with Crippen molar-refractivity contribution in [3.8, 4) is 0 Å². The summed E-state index contributed by atoms with van der Waals surface area (Å²) in [5, 5.41) is 37.1. The molecule has 8 atom stereocenters. The molecular weight excluding hydrogens is 380 g/mol. The summed E-state index contributed by atoms with van der Waals surface area (Å²) in [6, 6.07) is -0.650. The van der Waals surface area contributed by atoms with Crippen LogP contribution >= 0.6 is 11.8 Å². The second kappa shape index (κ2) is 9.62. The standard InChI is InChI=1S/C20H36N2O5S/c1-10(2)13(18-16(24)15(23)17(25)20(27-18)28-3)22-19(26)14-12(9-21-14)8-7-11-5-4-6-11/h10-18,20-21,23-25H,4-9H2,1-3H3,(H,22,26)/t12?,13?,14?,15-,16+,17?,18+,20+/m1/s1. The van der Waals surface area contributed by atoms with Gasteiger partial charge in [-0.25, -0.2) is 0 Å². The molecule has 162 valence electrons. The minimum atomic E-state index is -1.30. The Morgan fingerprint density at radius 2 is 1.89 bits per heavy atom. The molecule has 0 spiro atoms. The number of hydrogen-bond donors (Lipinski definition) is 5. The molecular formula is C20H36N2O5S. The summed E-state index contributed by atoms with van der Waals surface area (Å²) in [5.74, 6) is 1.13. The molecule has 0 aromatic rings. The summed E-state index contributed by atoms with van der Waals surface area (Å²) in [5.41, 5.74) is -0.640. The first-order valence-corrected chi connectivity index (χ1v) is 11.9. The third kappa shape index (κ3) is 4.68. The smallest absolute Gasteiger partial charge is 0.237 e. The van der Waals surface area contributed by atoms with Crippen molar-refractivity contribution in [1.29, 1.82) is 0 Å². The van der Waals surface area contributed by atoms with Crippen LogP contribution in [0.5, 0.6) is 0 Å². The van der Waals surface area contributed by atoms with Crippen molar-refractivity contribution in [1.82, 2.24) is 10.6 Å². The molecule has 5 N–H and O–H groups in total. The van der Waals surface area contributed by atoms with Gasteiger partial charge in [0.25, 0.3) is 0 Å². The first-order chi connectivity index (χ1) is 13.3. The van der Waals surface area contributed by atoms with Crippen LogP contribution in [-0.4, -0.2) is 76.0 Å². The first-order valence-electron chi connectivity index (χ1n) is 10.6. The van der Waals surface area contributed by atoms with Gasteiger partial charge in [0, 0.05) is 6.54 Å². The molecule has 2 heterocycles. The molecule has 0 bridgehead atoms. The monoisotopic (exact) mass is 416 g/mol. The molecule has 0 aromatic carbocycles. The van der Waals surface area contributed by atoms with Gasteiger partial charge in [-0.1, -0.05) is 39.5 Å². The maximum atomic E-state index is 12.9. The predicted octanol–water partition coefficient (Wildman–Crippen LogP) is 0.466. The molecule has 1 aliphatic carbocycles. The van der Waals surface area contributed by atoms with E-state index in [0.29, 0.717) is 5.92 Å². The first kappa shape index (κ1) is 22.3. The number of ether oxygens (including phenoxy) is 1. The van der Waals surface area contributed by atoms with E-state index in [-0.39, 0.29) is 17.9 Å². The summed E-state index contributed by atoms with van der Waals surface area (Å²) >= 11 is 1.28. The van der Waals surface area contributed by atoms with Gasteiger partial charge in [-0.2, -0.15) is 0 Å². The summed E-state index contributed by atoms with van der Waals surface area (Å²) < 4.78 is 5.88. The molecule has 0 radical (unpaired) electrons. The molecule has 2 aliphatic heterocycles. The highest BCUT2D eigenvalue weighted by molar-refractivity contribution is 7.99. The van der Waals surface area contributed by atoms with Crippen molar-refractivity contribution in [2.45, 2.75) is 87.9 Å². The van der Waals surface area contributed by atoms with E-state index in [1.54, 1.807) is 6.26 Å². The van der Waals surface area contributed by atoms with Crippen LogP contribution in [0.3, 0.4) is 0 Å². The molecule has 28 heavy (non-hydrogen) atoms. The van der Waals surface area contributed by atoms with Crippen LogP contribution in [0.4, 0.5) is 0 Å². The Bertz CT molecular complexity index is 531. The lowest BCUT2D eigenvalue weighted by atomic mass is 9.77. The lowest BCUT2D eigenvalue weighted by Crippen LogP contribution is -2.67. The van der Waals surface area contributed by atoms with Gasteiger partial charge in [0.2, 0.25) is 5.91 Å². The largest absolute Gasteiger partial charge is 0.388 e. The number of carbonyl (C=O) groups is 1. The van der Waals surface area contributed by atoms with Crippen LogP contribution < -0.4 is 10.6 Å². The van der Waals surface area contributed by atoms with Crippen LogP contribution in [0.2, 0.25) is 0 Å². The van der Waals surface area contributed by atoms with Gasteiger partial charge in [-0.15, -0.1) is 11.8 Å². The number of carbonyl (C=O) groups excluding carboxylic acids is 1. The average molecular weight is 417 g/mol. The van der Waals surface area contributed by atoms with Gasteiger partial charge < -0.3 is 30.7 Å². The van der Waals surface area contributed by atoms with E-state index < -0.39 is 35.9 Å². The van der Waals surface area contributed by atoms with Gasteiger partial charge >= 0.3 is 0 Å².